The molecule has 0 unspecified atom stereocenters. The second-order valence-corrected chi connectivity index (χ2v) is 6.66. The van der Waals surface area contributed by atoms with Crippen LogP contribution in [0.25, 0.3) is 0 Å². The number of ether oxygens (including phenoxy) is 2. The van der Waals surface area contributed by atoms with E-state index < -0.39 is 16.5 Å². The molecule has 0 aliphatic rings. The summed E-state index contributed by atoms with van der Waals surface area (Å²) >= 11 is 0. The van der Waals surface area contributed by atoms with Crippen molar-refractivity contribution in [2.24, 2.45) is 5.92 Å². The van der Waals surface area contributed by atoms with Gasteiger partial charge < -0.3 is 20.1 Å². The van der Waals surface area contributed by atoms with Crippen LogP contribution in [0, 0.1) is 16.0 Å². The van der Waals surface area contributed by atoms with Crippen LogP contribution in [0.4, 0.5) is 17.1 Å². The summed E-state index contributed by atoms with van der Waals surface area (Å²) in [6.07, 6.45) is 0.404. The number of carbonyl (C=O) groups is 2. The highest BCUT2D eigenvalue weighted by molar-refractivity contribution is 6.07. The van der Waals surface area contributed by atoms with Crippen molar-refractivity contribution in [1.82, 2.24) is 0 Å². The Morgan fingerprint density at radius 1 is 1.00 bits per heavy atom. The molecule has 0 aliphatic carbocycles. The van der Waals surface area contributed by atoms with Crippen molar-refractivity contribution in [3.8, 4) is 11.5 Å². The van der Waals surface area contributed by atoms with Gasteiger partial charge in [0.2, 0.25) is 5.91 Å². The van der Waals surface area contributed by atoms with Gasteiger partial charge in [-0.05, 0) is 30.2 Å². The molecule has 9 nitrogen and oxygen atoms in total. The van der Waals surface area contributed by atoms with Gasteiger partial charge in [-0.1, -0.05) is 13.8 Å². The summed E-state index contributed by atoms with van der Waals surface area (Å²) in [6.45, 7) is 3.90. The SMILES string of the molecule is COc1cc(C(=O)Nc2ccc(NC(=O)CC(C)C)cc2)c([N+](=O)[O-])cc1OC. The Balaban J connectivity index is 2.19. The molecular formula is C20H23N3O6. The zero-order valence-electron chi connectivity index (χ0n) is 16.6. The summed E-state index contributed by atoms with van der Waals surface area (Å²) in [6, 6.07) is 8.85. The molecule has 154 valence electrons. The number of benzene rings is 2. The Hall–Kier alpha value is -3.62. The molecule has 2 aromatic rings. The van der Waals surface area contributed by atoms with Crippen LogP contribution in [0.2, 0.25) is 0 Å². The number of carbonyl (C=O) groups excluding carboxylic acids is 2. The first-order valence-electron chi connectivity index (χ1n) is 8.86. The zero-order chi connectivity index (χ0) is 21.6. The largest absolute Gasteiger partial charge is 0.493 e. The van der Waals surface area contributed by atoms with Crippen LogP contribution in [0.3, 0.4) is 0 Å². The highest BCUT2D eigenvalue weighted by Crippen LogP contribution is 2.34. The van der Waals surface area contributed by atoms with E-state index in [-0.39, 0.29) is 28.9 Å². The Kier molecular flexibility index (Phi) is 7.13. The Bertz CT molecular complexity index is 909. The van der Waals surface area contributed by atoms with Crippen LogP contribution in [0.5, 0.6) is 11.5 Å². The first-order chi connectivity index (χ1) is 13.7. The zero-order valence-corrected chi connectivity index (χ0v) is 16.6. The van der Waals surface area contributed by atoms with E-state index in [0.717, 1.165) is 6.07 Å². The second-order valence-electron chi connectivity index (χ2n) is 6.66. The summed E-state index contributed by atoms with van der Waals surface area (Å²) in [5.41, 5.74) is 0.436. The van der Waals surface area contributed by atoms with Crippen LogP contribution in [0.15, 0.2) is 36.4 Å². The van der Waals surface area contributed by atoms with Gasteiger partial charge in [-0.2, -0.15) is 0 Å². The number of amides is 2. The molecule has 0 aliphatic heterocycles. The predicted octanol–water partition coefficient (Wildman–Crippen LogP) is 3.85. The number of methoxy groups -OCH3 is 2. The quantitative estimate of drug-likeness (QED) is 0.512. The lowest BCUT2D eigenvalue weighted by molar-refractivity contribution is -0.385. The maximum atomic E-state index is 12.6. The van der Waals surface area contributed by atoms with Gasteiger partial charge in [0.25, 0.3) is 11.6 Å². The third kappa shape index (κ3) is 5.68. The second kappa shape index (κ2) is 9.54. The Labute approximate surface area is 168 Å². The minimum atomic E-state index is -0.672. The number of nitrogens with one attached hydrogen (secondary N) is 2. The average molecular weight is 401 g/mol. The van der Waals surface area contributed by atoms with E-state index >= 15 is 0 Å². The van der Waals surface area contributed by atoms with Crippen LogP contribution in [-0.2, 0) is 4.79 Å². The lowest BCUT2D eigenvalue weighted by Crippen LogP contribution is -2.15. The molecule has 0 saturated heterocycles. The van der Waals surface area contributed by atoms with Crippen LogP contribution < -0.4 is 20.1 Å². The topological polar surface area (TPSA) is 120 Å². The van der Waals surface area contributed by atoms with Gasteiger partial charge in [0, 0.05) is 23.9 Å². The smallest absolute Gasteiger partial charge is 0.286 e. The minimum Gasteiger partial charge on any atom is -0.493 e. The molecule has 0 saturated carbocycles. The molecule has 2 rings (SSSR count). The third-order valence-electron chi connectivity index (χ3n) is 3.96. The van der Waals surface area contributed by atoms with Crippen molar-refractivity contribution < 1.29 is 24.0 Å². The number of hydrogen-bond acceptors (Lipinski definition) is 6. The van der Waals surface area contributed by atoms with Gasteiger partial charge in [0.05, 0.1) is 25.2 Å². The van der Waals surface area contributed by atoms with E-state index in [0.29, 0.717) is 17.8 Å². The molecule has 29 heavy (non-hydrogen) atoms. The van der Waals surface area contributed by atoms with Crippen molar-refractivity contribution in [2.75, 3.05) is 24.9 Å². The van der Waals surface area contributed by atoms with Crippen molar-refractivity contribution in [2.45, 2.75) is 20.3 Å². The predicted molar refractivity (Wildman–Crippen MR) is 109 cm³/mol. The molecular weight excluding hydrogens is 378 g/mol. The monoisotopic (exact) mass is 401 g/mol. The molecule has 0 fully saturated rings. The maximum Gasteiger partial charge on any atom is 0.286 e. The highest BCUT2D eigenvalue weighted by atomic mass is 16.6. The Morgan fingerprint density at radius 2 is 1.52 bits per heavy atom. The summed E-state index contributed by atoms with van der Waals surface area (Å²) < 4.78 is 10.2. The molecule has 2 amide bonds. The van der Waals surface area contributed by atoms with Gasteiger partial charge in [-0.3, -0.25) is 19.7 Å². The summed E-state index contributed by atoms with van der Waals surface area (Å²) in [5, 5.41) is 16.7. The number of hydrogen-bond donors (Lipinski definition) is 2. The first-order valence-corrected chi connectivity index (χ1v) is 8.86. The van der Waals surface area contributed by atoms with Gasteiger partial charge in [0.15, 0.2) is 11.5 Å². The number of anilines is 2. The number of nitro groups is 1. The van der Waals surface area contributed by atoms with Crippen molar-refractivity contribution in [3.63, 3.8) is 0 Å². The van der Waals surface area contributed by atoms with E-state index in [2.05, 4.69) is 10.6 Å². The summed E-state index contributed by atoms with van der Waals surface area (Å²) in [7, 11) is 2.72. The lowest BCUT2D eigenvalue weighted by atomic mass is 10.1. The van der Waals surface area contributed by atoms with Crippen LogP contribution in [0.1, 0.15) is 30.6 Å². The van der Waals surface area contributed by atoms with E-state index in [9.17, 15) is 19.7 Å². The molecule has 2 N–H and O–H groups in total. The summed E-state index contributed by atoms with van der Waals surface area (Å²) in [5.74, 6) is -0.179. The van der Waals surface area contributed by atoms with E-state index in [1.165, 1.54) is 20.3 Å². The molecule has 0 radical (unpaired) electrons. The molecule has 0 heterocycles. The molecule has 0 aromatic heterocycles. The highest BCUT2D eigenvalue weighted by Gasteiger charge is 2.24. The molecule has 0 bridgehead atoms. The fourth-order valence-electron chi connectivity index (χ4n) is 2.62. The molecule has 0 atom stereocenters. The standard InChI is InChI=1S/C20H23N3O6/c1-12(2)9-19(24)21-13-5-7-14(8-6-13)22-20(25)15-10-17(28-3)18(29-4)11-16(15)23(26)27/h5-8,10-12H,9H2,1-4H3,(H,21,24)(H,22,25). The van der Waals surface area contributed by atoms with Gasteiger partial charge in [0.1, 0.15) is 5.56 Å². The van der Waals surface area contributed by atoms with Crippen molar-refractivity contribution in [1.29, 1.82) is 0 Å². The average Bonchev–Trinajstić information content (AvgIpc) is 2.67. The van der Waals surface area contributed by atoms with Crippen LogP contribution >= 0.6 is 0 Å². The minimum absolute atomic E-state index is 0.0993. The van der Waals surface area contributed by atoms with E-state index in [1.807, 2.05) is 13.8 Å². The fraction of sp³-hybridized carbons (Fsp3) is 0.300. The maximum absolute atomic E-state index is 12.6. The normalized spacial score (nSPS) is 10.4. The fourth-order valence-corrected chi connectivity index (χ4v) is 2.62. The van der Waals surface area contributed by atoms with Gasteiger partial charge in [-0.15, -0.1) is 0 Å². The van der Waals surface area contributed by atoms with E-state index in [1.54, 1.807) is 24.3 Å². The first kappa shape index (κ1) is 21.7. The summed E-state index contributed by atoms with van der Waals surface area (Å²) in [4.78, 5) is 35.1. The number of nitro benzene ring substituents is 1. The van der Waals surface area contributed by atoms with Crippen molar-refractivity contribution in [3.05, 3.63) is 52.1 Å². The van der Waals surface area contributed by atoms with Crippen molar-refractivity contribution >= 4 is 28.9 Å². The molecule has 2 aromatic carbocycles. The molecule has 0 spiro atoms. The lowest BCUT2D eigenvalue weighted by Gasteiger charge is -2.11. The number of nitrogens with zero attached hydrogens (tertiary/aromatic N) is 1. The molecule has 9 heteroatoms. The van der Waals surface area contributed by atoms with Crippen LogP contribution in [-0.4, -0.2) is 31.0 Å². The van der Waals surface area contributed by atoms with E-state index in [4.69, 9.17) is 9.47 Å². The Morgan fingerprint density at radius 3 is 2.00 bits per heavy atom. The van der Waals surface area contributed by atoms with Gasteiger partial charge >= 0.3 is 0 Å². The number of rotatable bonds is 8. The van der Waals surface area contributed by atoms with Gasteiger partial charge in [-0.25, -0.2) is 0 Å². The third-order valence-corrected chi connectivity index (χ3v) is 3.96.